The Balaban J connectivity index is 2.15. The molecule has 1 fully saturated rings. The summed E-state index contributed by atoms with van der Waals surface area (Å²) in [5.41, 5.74) is 0.858. The van der Waals surface area contributed by atoms with Crippen LogP contribution < -0.4 is 0 Å². The third-order valence-electron chi connectivity index (χ3n) is 4.23. The third kappa shape index (κ3) is 4.12. The van der Waals surface area contributed by atoms with Gasteiger partial charge in [-0.3, -0.25) is 4.79 Å². The first-order valence-corrected chi connectivity index (χ1v) is 7.86. The van der Waals surface area contributed by atoms with Gasteiger partial charge in [0.2, 0.25) is 0 Å². The Morgan fingerprint density at radius 1 is 1.29 bits per heavy atom. The van der Waals surface area contributed by atoms with Crippen molar-refractivity contribution in [1.82, 2.24) is 0 Å². The van der Waals surface area contributed by atoms with Crippen LogP contribution in [0.5, 0.6) is 0 Å². The van der Waals surface area contributed by atoms with E-state index in [4.69, 9.17) is 32.7 Å². The molecule has 1 aromatic carbocycles. The highest BCUT2D eigenvalue weighted by Gasteiger charge is 2.31. The van der Waals surface area contributed by atoms with Crippen LogP contribution >= 0.6 is 23.2 Å². The number of carbonyl (C=O) groups is 1. The molecule has 0 heterocycles. The van der Waals surface area contributed by atoms with Crippen LogP contribution in [0, 0.1) is 5.92 Å². The van der Waals surface area contributed by atoms with E-state index in [9.17, 15) is 4.79 Å². The first-order valence-electron chi connectivity index (χ1n) is 7.10. The molecule has 0 spiro atoms. The fraction of sp³-hybridized carbons (Fsp3) is 0.562. The number of methoxy groups -OCH3 is 2. The van der Waals surface area contributed by atoms with Crippen molar-refractivity contribution in [2.24, 2.45) is 5.92 Å². The highest BCUT2D eigenvalue weighted by molar-refractivity contribution is 6.42. The minimum absolute atomic E-state index is 0.228. The lowest BCUT2D eigenvalue weighted by atomic mass is 9.88. The van der Waals surface area contributed by atoms with E-state index in [0.29, 0.717) is 22.1 Å². The van der Waals surface area contributed by atoms with Gasteiger partial charge in [-0.25, -0.2) is 0 Å². The smallest absolute Gasteiger partial charge is 0.313 e. The molecule has 0 N–H and O–H groups in total. The minimum atomic E-state index is -0.301. The fourth-order valence-corrected chi connectivity index (χ4v) is 3.34. The van der Waals surface area contributed by atoms with Gasteiger partial charge in [0.05, 0.1) is 29.2 Å². The summed E-state index contributed by atoms with van der Waals surface area (Å²) in [4.78, 5) is 12.1. The van der Waals surface area contributed by atoms with Crippen LogP contribution in [0.25, 0.3) is 0 Å². The lowest BCUT2D eigenvalue weighted by Crippen LogP contribution is -2.18. The van der Waals surface area contributed by atoms with Crippen molar-refractivity contribution >= 4 is 29.2 Å². The number of esters is 1. The highest BCUT2D eigenvalue weighted by atomic mass is 35.5. The Bertz CT molecular complexity index is 504. The second-order valence-corrected chi connectivity index (χ2v) is 6.34. The molecule has 116 valence electrons. The highest BCUT2D eigenvalue weighted by Crippen LogP contribution is 2.37. The number of hydrogen-bond acceptors (Lipinski definition) is 3. The summed E-state index contributed by atoms with van der Waals surface area (Å²) in [5, 5.41) is 0.952. The fourth-order valence-electron chi connectivity index (χ4n) is 3.03. The van der Waals surface area contributed by atoms with Gasteiger partial charge in [-0.15, -0.1) is 0 Å². The lowest BCUT2D eigenvalue weighted by Gasteiger charge is -2.19. The van der Waals surface area contributed by atoms with Gasteiger partial charge in [0, 0.05) is 7.11 Å². The third-order valence-corrected chi connectivity index (χ3v) is 4.97. The maximum atomic E-state index is 12.1. The van der Waals surface area contributed by atoms with Crippen molar-refractivity contribution in [1.29, 1.82) is 0 Å². The summed E-state index contributed by atoms with van der Waals surface area (Å²) in [6.45, 7) is 0. The van der Waals surface area contributed by atoms with Gasteiger partial charge in [-0.1, -0.05) is 29.3 Å². The number of ether oxygens (including phenoxy) is 2. The second kappa shape index (κ2) is 7.48. The molecule has 3 atom stereocenters. The van der Waals surface area contributed by atoms with Gasteiger partial charge in [-0.2, -0.15) is 0 Å². The van der Waals surface area contributed by atoms with Crippen LogP contribution in [0.2, 0.25) is 10.0 Å². The predicted octanol–water partition coefficient (Wildman–Crippen LogP) is 4.46. The maximum Gasteiger partial charge on any atom is 0.313 e. The standard InChI is InChI=1S/C16H20Cl2O3/c1-20-12-5-3-10(7-12)8-13(16(19)21-2)11-4-6-14(17)15(18)9-11/h4,6,9-10,12-13H,3,5,7-8H2,1-2H3. The molecule has 0 radical (unpaired) electrons. The second-order valence-electron chi connectivity index (χ2n) is 5.52. The average Bonchev–Trinajstić information content (AvgIpc) is 2.95. The van der Waals surface area contributed by atoms with E-state index in [1.165, 1.54) is 7.11 Å². The summed E-state index contributed by atoms with van der Waals surface area (Å²) in [6, 6.07) is 5.33. The van der Waals surface area contributed by atoms with Gasteiger partial charge in [0.15, 0.2) is 0 Å². The molecule has 5 heteroatoms. The van der Waals surface area contributed by atoms with E-state index in [1.807, 2.05) is 6.07 Å². The zero-order valence-electron chi connectivity index (χ0n) is 12.3. The minimum Gasteiger partial charge on any atom is -0.469 e. The first kappa shape index (κ1) is 16.6. The summed E-state index contributed by atoms with van der Waals surface area (Å²) >= 11 is 12.0. The van der Waals surface area contributed by atoms with Crippen LogP contribution in [0.15, 0.2) is 18.2 Å². The van der Waals surface area contributed by atoms with Gasteiger partial charge in [-0.05, 0) is 49.3 Å². The molecule has 2 rings (SSSR count). The lowest BCUT2D eigenvalue weighted by molar-refractivity contribution is -0.142. The van der Waals surface area contributed by atoms with Crippen molar-refractivity contribution < 1.29 is 14.3 Å². The Kier molecular flexibility index (Phi) is 5.91. The number of hydrogen-bond donors (Lipinski definition) is 0. The SMILES string of the molecule is COC(=O)C(CC1CCC(OC)C1)c1ccc(Cl)c(Cl)c1. The molecule has 1 aliphatic rings. The van der Waals surface area contributed by atoms with Crippen molar-refractivity contribution in [2.45, 2.75) is 37.7 Å². The van der Waals surface area contributed by atoms with Crippen molar-refractivity contribution in [3.8, 4) is 0 Å². The van der Waals surface area contributed by atoms with Crippen molar-refractivity contribution in [3.63, 3.8) is 0 Å². The van der Waals surface area contributed by atoms with Crippen LogP contribution in [0.3, 0.4) is 0 Å². The molecule has 3 unspecified atom stereocenters. The van der Waals surface area contributed by atoms with E-state index in [0.717, 1.165) is 31.2 Å². The van der Waals surface area contributed by atoms with E-state index in [2.05, 4.69) is 0 Å². The van der Waals surface area contributed by atoms with Crippen molar-refractivity contribution in [3.05, 3.63) is 33.8 Å². The Hall–Kier alpha value is -0.770. The van der Waals surface area contributed by atoms with Gasteiger partial charge < -0.3 is 9.47 Å². The zero-order valence-corrected chi connectivity index (χ0v) is 13.8. The summed E-state index contributed by atoms with van der Waals surface area (Å²) in [6.07, 6.45) is 4.18. The molecule has 1 saturated carbocycles. The largest absolute Gasteiger partial charge is 0.469 e. The summed E-state index contributed by atoms with van der Waals surface area (Å²) < 4.78 is 10.3. The first-order chi connectivity index (χ1) is 10.0. The van der Waals surface area contributed by atoms with Crippen LogP contribution in [-0.4, -0.2) is 26.3 Å². The molecular formula is C16H20Cl2O3. The molecular weight excluding hydrogens is 311 g/mol. The van der Waals surface area contributed by atoms with E-state index in [-0.39, 0.29) is 11.9 Å². The Labute approximate surface area is 135 Å². The van der Waals surface area contributed by atoms with E-state index < -0.39 is 0 Å². The molecule has 0 aromatic heterocycles. The van der Waals surface area contributed by atoms with E-state index in [1.54, 1.807) is 19.2 Å². The number of rotatable bonds is 5. The Morgan fingerprint density at radius 3 is 2.62 bits per heavy atom. The summed E-state index contributed by atoms with van der Waals surface area (Å²) in [7, 11) is 3.16. The molecule has 0 amide bonds. The van der Waals surface area contributed by atoms with Crippen molar-refractivity contribution in [2.75, 3.05) is 14.2 Å². The van der Waals surface area contributed by atoms with E-state index >= 15 is 0 Å². The molecule has 1 aliphatic carbocycles. The number of carbonyl (C=O) groups excluding carboxylic acids is 1. The molecule has 3 nitrogen and oxygen atoms in total. The average molecular weight is 331 g/mol. The maximum absolute atomic E-state index is 12.1. The summed E-state index contributed by atoms with van der Waals surface area (Å²) in [5.74, 6) is -0.0619. The normalized spacial score (nSPS) is 23.0. The van der Waals surface area contributed by atoms with Gasteiger partial charge >= 0.3 is 5.97 Å². The molecule has 0 saturated heterocycles. The predicted molar refractivity (Wildman–Crippen MR) is 84.0 cm³/mol. The van der Waals surface area contributed by atoms with Crippen LogP contribution in [0.1, 0.15) is 37.2 Å². The molecule has 0 aliphatic heterocycles. The molecule has 1 aromatic rings. The van der Waals surface area contributed by atoms with Crippen LogP contribution in [-0.2, 0) is 14.3 Å². The Morgan fingerprint density at radius 2 is 2.05 bits per heavy atom. The molecule has 0 bridgehead atoms. The number of benzene rings is 1. The van der Waals surface area contributed by atoms with Gasteiger partial charge in [0.25, 0.3) is 0 Å². The quantitative estimate of drug-likeness (QED) is 0.748. The van der Waals surface area contributed by atoms with Gasteiger partial charge in [0.1, 0.15) is 0 Å². The topological polar surface area (TPSA) is 35.5 Å². The van der Waals surface area contributed by atoms with Crippen LogP contribution in [0.4, 0.5) is 0 Å². The monoisotopic (exact) mass is 330 g/mol. The number of halogens is 2. The molecule has 21 heavy (non-hydrogen) atoms. The zero-order chi connectivity index (χ0) is 15.4.